The fourth-order valence-electron chi connectivity index (χ4n) is 2.56. The number of nitrogens with one attached hydrogen (secondary N) is 1. The van der Waals surface area contributed by atoms with Crippen LogP contribution in [0.15, 0.2) is 12.1 Å². The summed E-state index contributed by atoms with van der Waals surface area (Å²) in [6.07, 6.45) is 1.44. The largest absolute Gasteiger partial charge is 0.380 e. The predicted molar refractivity (Wildman–Crippen MR) is 83.1 cm³/mol. The first-order chi connectivity index (χ1) is 9.60. The first-order valence-corrected chi connectivity index (χ1v) is 7.55. The fraction of sp³-hybridized carbons (Fsp3) is 0.688. The van der Waals surface area contributed by atoms with E-state index < -0.39 is 0 Å². The van der Waals surface area contributed by atoms with Gasteiger partial charge in [-0.2, -0.15) is 0 Å². The lowest BCUT2D eigenvalue weighted by atomic mass is 10.2. The molecule has 1 fully saturated rings. The van der Waals surface area contributed by atoms with Crippen LogP contribution >= 0.6 is 0 Å². The van der Waals surface area contributed by atoms with E-state index in [0.29, 0.717) is 12.0 Å². The number of pyridine rings is 1. The summed E-state index contributed by atoms with van der Waals surface area (Å²) in [4.78, 5) is 7.06. The molecule has 0 spiro atoms. The second-order valence-corrected chi connectivity index (χ2v) is 6.03. The van der Waals surface area contributed by atoms with Crippen LogP contribution < -0.4 is 10.2 Å². The van der Waals surface area contributed by atoms with Gasteiger partial charge in [0.05, 0.1) is 6.10 Å². The van der Waals surface area contributed by atoms with Crippen molar-refractivity contribution in [1.29, 1.82) is 0 Å². The molecule has 1 N–H and O–H groups in total. The summed E-state index contributed by atoms with van der Waals surface area (Å²) in [6.45, 7) is 10.5. The van der Waals surface area contributed by atoms with E-state index in [1.807, 2.05) is 0 Å². The Hall–Kier alpha value is -1.13. The minimum Gasteiger partial charge on any atom is -0.380 e. The molecule has 112 valence electrons. The molecule has 1 atom stereocenters. The molecular weight excluding hydrogens is 250 g/mol. The molecule has 0 radical (unpaired) electrons. The van der Waals surface area contributed by atoms with Gasteiger partial charge >= 0.3 is 0 Å². The highest BCUT2D eigenvalue weighted by Crippen LogP contribution is 2.21. The van der Waals surface area contributed by atoms with Gasteiger partial charge in [-0.1, -0.05) is 19.9 Å². The minimum absolute atomic E-state index is 0.351. The molecular formula is C16H27N3O. The number of methoxy groups -OCH3 is 1. The molecule has 1 aromatic heterocycles. The molecule has 4 heteroatoms. The van der Waals surface area contributed by atoms with Crippen molar-refractivity contribution in [3.05, 3.63) is 23.4 Å². The zero-order valence-corrected chi connectivity index (χ0v) is 13.1. The van der Waals surface area contributed by atoms with Gasteiger partial charge in [-0.05, 0) is 37.4 Å². The first-order valence-electron chi connectivity index (χ1n) is 7.55. The van der Waals surface area contributed by atoms with Crippen molar-refractivity contribution in [2.24, 2.45) is 5.92 Å². The standard InChI is InChI=1S/C16H27N3O/c1-12(2)9-17-10-14-5-6-16(18-13(14)3)19-8-7-15(11-19)20-4/h5-6,12,15,17H,7-11H2,1-4H3. The summed E-state index contributed by atoms with van der Waals surface area (Å²) in [5.74, 6) is 1.76. The Balaban J connectivity index is 1.95. The number of nitrogens with zero attached hydrogens (tertiary/aromatic N) is 2. The van der Waals surface area contributed by atoms with Crippen LogP contribution in [0.1, 0.15) is 31.5 Å². The van der Waals surface area contributed by atoms with Gasteiger partial charge in [0.2, 0.25) is 0 Å². The molecule has 2 heterocycles. The molecule has 1 aromatic rings. The number of anilines is 1. The number of ether oxygens (including phenoxy) is 1. The molecule has 1 unspecified atom stereocenters. The third-order valence-corrected chi connectivity index (χ3v) is 3.85. The molecule has 1 saturated heterocycles. The Morgan fingerprint density at radius 1 is 1.45 bits per heavy atom. The monoisotopic (exact) mass is 277 g/mol. The second kappa shape index (κ2) is 7.04. The van der Waals surface area contributed by atoms with E-state index in [9.17, 15) is 0 Å². The van der Waals surface area contributed by atoms with E-state index in [2.05, 4.69) is 43.1 Å². The van der Waals surface area contributed by atoms with Crippen molar-refractivity contribution in [1.82, 2.24) is 10.3 Å². The smallest absolute Gasteiger partial charge is 0.128 e. The van der Waals surface area contributed by atoms with Gasteiger partial charge in [0.15, 0.2) is 0 Å². The molecule has 0 amide bonds. The van der Waals surface area contributed by atoms with Crippen molar-refractivity contribution < 1.29 is 4.74 Å². The highest BCUT2D eigenvalue weighted by molar-refractivity contribution is 5.43. The van der Waals surface area contributed by atoms with Gasteiger partial charge in [-0.15, -0.1) is 0 Å². The number of hydrogen-bond donors (Lipinski definition) is 1. The van der Waals surface area contributed by atoms with Crippen molar-refractivity contribution in [2.75, 3.05) is 31.6 Å². The van der Waals surface area contributed by atoms with E-state index in [0.717, 1.165) is 44.1 Å². The van der Waals surface area contributed by atoms with Gasteiger partial charge < -0.3 is 15.0 Å². The lowest BCUT2D eigenvalue weighted by Gasteiger charge is -2.19. The van der Waals surface area contributed by atoms with Crippen LogP contribution in [0.25, 0.3) is 0 Å². The zero-order chi connectivity index (χ0) is 14.5. The average molecular weight is 277 g/mol. The Morgan fingerprint density at radius 2 is 2.25 bits per heavy atom. The third kappa shape index (κ3) is 3.93. The van der Waals surface area contributed by atoms with Gasteiger partial charge in [0, 0.05) is 32.4 Å². The quantitative estimate of drug-likeness (QED) is 0.866. The second-order valence-electron chi connectivity index (χ2n) is 6.03. The molecule has 0 aliphatic carbocycles. The van der Waals surface area contributed by atoms with E-state index in [1.165, 1.54) is 5.56 Å². The molecule has 2 rings (SSSR count). The summed E-state index contributed by atoms with van der Waals surface area (Å²) >= 11 is 0. The van der Waals surface area contributed by atoms with E-state index in [-0.39, 0.29) is 0 Å². The van der Waals surface area contributed by atoms with Crippen LogP contribution in [-0.4, -0.2) is 37.8 Å². The van der Waals surface area contributed by atoms with E-state index in [4.69, 9.17) is 9.72 Å². The Morgan fingerprint density at radius 3 is 2.85 bits per heavy atom. The summed E-state index contributed by atoms with van der Waals surface area (Å²) in [7, 11) is 1.79. The maximum atomic E-state index is 5.41. The molecule has 0 aromatic carbocycles. The first kappa shape index (κ1) is 15.3. The number of hydrogen-bond acceptors (Lipinski definition) is 4. The molecule has 0 saturated carbocycles. The van der Waals surface area contributed by atoms with Crippen molar-refractivity contribution in [2.45, 2.75) is 39.8 Å². The van der Waals surface area contributed by atoms with Crippen LogP contribution in [0.3, 0.4) is 0 Å². The lowest BCUT2D eigenvalue weighted by Crippen LogP contribution is -2.24. The van der Waals surface area contributed by atoms with Crippen molar-refractivity contribution in [3.63, 3.8) is 0 Å². The highest BCUT2D eigenvalue weighted by atomic mass is 16.5. The molecule has 1 aliphatic rings. The SMILES string of the molecule is COC1CCN(c2ccc(CNCC(C)C)c(C)n2)C1. The van der Waals surface area contributed by atoms with Gasteiger partial charge in [-0.3, -0.25) is 0 Å². The average Bonchev–Trinajstić information content (AvgIpc) is 2.89. The van der Waals surface area contributed by atoms with Crippen LogP contribution in [0.5, 0.6) is 0 Å². The summed E-state index contributed by atoms with van der Waals surface area (Å²) < 4.78 is 5.41. The van der Waals surface area contributed by atoms with Gasteiger partial charge in [0.1, 0.15) is 5.82 Å². The Kier molecular flexibility index (Phi) is 5.38. The maximum Gasteiger partial charge on any atom is 0.128 e. The van der Waals surface area contributed by atoms with Crippen molar-refractivity contribution in [3.8, 4) is 0 Å². The Bertz CT molecular complexity index is 434. The highest BCUT2D eigenvalue weighted by Gasteiger charge is 2.23. The molecule has 0 bridgehead atoms. The summed E-state index contributed by atoms with van der Waals surface area (Å²) in [5, 5.41) is 3.47. The molecule has 4 nitrogen and oxygen atoms in total. The summed E-state index contributed by atoms with van der Waals surface area (Å²) in [6, 6.07) is 4.34. The predicted octanol–water partition coefficient (Wildman–Crippen LogP) is 2.36. The van der Waals surface area contributed by atoms with Crippen LogP contribution in [-0.2, 0) is 11.3 Å². The van der Waals surface area contributed by atoms with Crippen LogP contribution in [0.2, 0.25) is 0 Å². The van der Waals surface area contributed by atoms with E-state index >= 15 is 0 Å². The van der Waals surface area contributed by atoms with Crippen molar-refractivity contribution >= 4 is 5.82 Å². The van der Waals surface area contributed by atoms with Gasteiger partial charge in [0.25, 0.3) is 0 Å². The normalized spacial score (nSPS) is 19.1. The van der Waals surface area contributed by atoms with E-state index in [1.54, 1.807) is 7.11 Å². The topological polar surface area (TPSA) is 37.4 Å². The number of rotatable bonds is 6. The maximum absolute atomic E-state index is 5.41. The lowest BCUT2D eigenvalue weighted by molar-refractivity contribution is 0.121. The van der Waals surface area contributed by atoms with Gasteiger partial charge in [-0.25, -0.2) is 4.98 Å². The third-order valence-electron chi connectivity index (χ3n) is 3.85. The number of aromatic nitrogens is 1. The fourth-order valence-corrected chi connectivity index (χ4v) is 2.56. The summed E-state index contributed by atoms with van der Waals surface area (Å²) in [5.41, 5.74) is 2.41. The van der Waals surface area contributed by atoms with Crippen LogP contribution in [0, 0.1) is 12.8 Å². The Labute approximate surface area is 122 Å². The minimum atomic E-state index is 0.351. The molecule has 1 aliphatic heterocycles. The molecule has 20 heavy (non-hydrogen) atoms. The zero-order valence-electron chi connectivity index (χ0n) is 13.1. The number of aryl methyl sites for hydroxylation is 1. The van der Waals surface area contributed by atoms with Crippen LogP contribution in [0.4, 0.5) is 5.82 Å².